The molecule has 1 saturated carbocycles. The Labute approximate surface area is 163 Å². The Morgan fingerprint density at radius 2 is 1.68 bits per heavy atom. The van der Waals surface area contributed by atoms with Gasteiger partial charge in [-0.25, -0.2) is 17.2 Å². The van der Waals surface area contributed by atoms with Gasteiger partial charge in [0.05, 0.1) is 0 Å². The molecule has 28 heavy (non-hydrogen) atoms. The monoisotopic (exact) mass is 438 g/mol. The van der Waals surface area contributed by atoms with Crippen LogP contribution in [0.4, 0.5) is 22.0 Å². The van der Waals surface area contributed by atoms with Gasteiger partial charge >= 0.3 is 5.51 Å². The molecule has 0 bridgehead atoms. The summed E-state index contributed by atoms with van der Waals surface area (Å²) in [6.07, 6.45) is -0.154. The Bertz CT molecular complexity index is 970. The van der Waals surface area contributed by atoms with Crippen LogP contribution in [0.3, 0.4) is 0 Å². The van der Waals surface area contributed by atoms with Crippen molar-refractivity contribution in [1.82, 2.24) is 0 Å². The van der Waals surface area contributed by atoms with Gasteiger partial charge in [0.1, 0.15) is 11.6 Å². The van der Waals surface area contributed by atoms with Gasteiger partial charge < -0.3 is 4.72 Å². The minimum Gasteiger partial charge on any atom is -0.538 e. The molecule has 3 rings (SSSR count). The molecule has 0 spiro atoms. The van der Waals surface area contributed by atoms with E-state index in [1.807, 2.05) is 0 Å². The molecule has 0 aromatic heterocycles. The largest absolute Gasteiger partial charge is 0.538 e. The molecule has 0 N–H and O–H groups in total. The highest BCUT2D eigenvalue weighted by Crippen LogP contribution is 2.51. The lowest BCUT2D eigenvalue weighted by molar-refractivity contribution is -0.0430. The van der Waals surface area contributed by atoms with Crippen molar-refractivity contribution in [2.75, 3.05) is 0 Å². The van der Waals surface area contributed by atoms with Crippen molar-refractivity contribution in [1.29, 1.82) is 0 Å². The van der Waals surface area contributed by atoms with Crippen LogP contribution < -0.4 is 0 Å². The van der Waals surface area contributed by atoms with Crippen LogP contribution in [0.5, 0.6) is 0 Å². The molecule has 0 aliphatic heterocycles. The van der Waals surface area contributed by atoms with Crippen LogP contribution in [-0.4, -0.2) is 20.0 Å². The van der Waals surface area contributed by atoms with E-state index in [0.717, 1.165) is 18.2 Å². The predicted octanol–water partition coefficient (Wildman–Crippen LogP) is 5.48. The summed E-state index contributed by atoms with van der Waals surface area (Å²) in [6, 6.07) is 8.22. The Morgan fingerprint density at radius 1 is 1.07 bits per heavy atom. The smallest absolute Gasteiger partial charge is 0.480 e. The van der Waals surface area contributed by atoms with E-state index in [1.54, 1.807) is 24.3 Å². The van der Waals surface area contributed by atoms with Crippen molar-refractivity contribution >= 4 is 21.6 Å². The van der Waals surface area contributed by atoms with E-state index in [0.29, 0.717) is 10.6 Å². The zero-order valence-electron chi connectivity index (χ0n) is 14.2. The number of alkyl halides is 3. The second kappa shape index (κ2) is 7.27. The van der Waals surface area contributed by atoms with Crippen molar-refractivity contribution in [2.45, 2.75) is 36.2 Å². The van der Waals surface area contributed by atoms with Crippen LogP contribution in [0.1, 0.15) is 24.0 Å². The minimum atomic E-state index is -5.65. The molecule has 2 aromatic carbocycles. The van der Waals surface area contributed by atoms with Crippen LogP contribution in [0.25, 0.3) is 4.72 Å². The summed E-state index contributed by atoms with van der Waals surface area (Å²) < 4.78 is 91.3. The van der Waals surface area contributed by atoms with Crippen molar-refractivity contribution in [3.63, 3.8) is 0 Å². The topological polar surface area (TPSA) is 48.2 Å². The molecule has 1 aliphatic rings. The lowest BCUT2D eigenvalue weighted by Crippen LogP contribution is -2.48. The molecular formula is C18H14ClF5NO2S-. The Morgan fingerprint density at radius 3 is 2.25 bits per heavy atom. The summed E-state index contributed by atoms with van der Waals surface area (Å²) in [5.41, 5.74) is -5.88. The Hall–Kier alpha value is -1.71. The van der Waals surface area contributed by atoms with Gasteiger partial charge in [0.2, 0.25) is 0 Å². The van der Waals surface area contributed by atoms with Gasteiger partial charge in [0.25, 0.3) is 0 Å². The molecule has 1 fully saturated rings. The van der Waals surface area contributed by atoms with Crippen molar-refractivity contribution in [3.8, 4) is 0 Å². The van der Waals surface area contributed by atoms with Crippen LogP contribution in [0.15, 0.2) is 42.5 Å². The van der Waals surface area contributed by atoms with E-state index in [1.165, 1.54) is 0 Å². The quantitative estimate of drug-likeness (QED) is 0.580. The van der Waals surface area contributed by atoms with Gasteiger partial charge in [-0.15, -0.1) is 6.04 Å². The Balaban J connectivity index is 1.90. The van der Waals surface area contributed by atoms with Gasteiger partial charge in [-0.3, -0.25) is 0 Å². The van der Waals surface area contributed by atoms with Gasteiger partial charge in [-0.05, 0) is 53.3 Å². The van der Waals surface area contributed by atoms with Crippen molar-refractivity contribution in [2.24, 2.45) is 0 Å². The van der Waals surface area contributed by atoms with Gasteiger partial charge in [0.15, 0.2) is 10.0 Å². The molecule has 0 unspecified atom stereocenters. The normalized spacial score (nSPS) is 22.7. The highest BCUT2D eigenvalue weighted by molar-refractivity contribution is 7.94. The van der Waals surface area contributed by atoms with Gasteiger partial charge in [-0.2, -0.15) is 13.2 Å². The number of benzene rings is 2. The summed E-state index contributed by atoms with van der Waals surface area (Å²) >= 11 is 5.83. The molecular weight excluding hydrogens is 425 g/mol. The first-order valence-corrected chi connectivity index (χ1v) is 9.97. The van der Waals surface area contributed by atoms with E-state index >= 15 is 0 Å². The summed E-state index contributed by atoms with van der Waals surface area (Å²) in [6.45, 7) is 0. The highest BCUT2D eigenvalue weighted by Gasteiger charge is 2.47. The average molecular weight is 439 g/mol. The van der Waals surface area contributed by atoms with E-state index in [2.05, 4.69) is 4.72 Å². The second-order valence-electron chi connectivity index (χ2n) is 6.80. The molecule has 152 valence electrons. The molecule has 0 heterocycles. The Kier molecular flexibility index (Phi) is 5.46. The molecule has 0 saturated heterocycles. The van der Waals surface area contributed by atoms with Gasteiger partial charge in [0, 0.05) is 5.02 Å². The molecule has 3 nitrogen and oxygen atoms in total. The SMILES string of the molecule is O=S(=O)([N-]C1CC(Cc2ccc(Cl)cc2)(c2cc(F)ccc2F)C1)C(F)(F)F. The fourth-order valence-electron chi connectivity index (χ4n) is 3.53. The molecule has 1 aliphatic carbocycles. The van der Waals surface area contributed by atoms with E-state index in [-0.39, 0.29) is 24.8 Å². The standard InChI is InChI=1S/C18H14ClF5NO2S/c19-12-3-1-11(2-4-12)8-17(15-7-13(20)5-6-16(15)21)9-14(10-17)25-28(26,27)18(22,23)24/h1-7,14H,8-10H2/q-1. The number of sulfonamides is 1. The first kappa shape index (κ1) is 21.0. The van der Waals surface area contributed by atoms with Gasteiger partial charge in [-0.1, -0.05) is 36.6 Å². The third-order valence-corrected chi connectivity index (χ3v) is 6.20. The fraction of sp³-hybridized carbons (Fsp3) is 0.333. The zero-order chi connectivity index (χ0) is 20.7. The number of nitrogens with zero attached hydrogens (tertiary/aromatic N) is 1. The zero-order valence-corrected chi connectivity index (χ0v) is 15.8. The molecule has 2 aromatic rings. The van der Waals surface area contributed by atoms with E-state index < -0.39 is 38.6 Å². The number of hydrogen-bond acceptors (Lipinski definition) is 2. The fourth-order valence-corrected chi connectivity index (χ4v) is 4.32. The summed E-state index contributed by atoms with van der Waals surface area (Å²) in [4.78, 5) is 0. The molecule has 0 amide bonds. The minimum absolute atomic E-state index is 0.0155. The van der Waals surface area contributed by atoms with Crippen LogP contribution >= 0.6 is 11.6 Å². The number of hydrogen-bond donors (Lipinski definition) is 0. The van der Waals surface area contributed by atoms with E-state index in [9.17, 15) is 30.4 Å². The lowest BCUT2D eigenvalue weighted by Gasteiger charge is -2.54. The third kappa shape index (κ3) is 4.16. The van der Waals surface area contributed by atoms with Crippen molar-refractivity contribution in [3.05, 3.63) is 75.0 Å². The maximum Gasteiger partial charge on any atom is 0.480 e. The number of rotatable bonds is 5. The first-order chi connectivity index (χ1) is 12.9. The number of halogens is 6. The lowest BCUT2D eigenvalue weighted by atomic mass is 9.59. The summed E-state index contributed by atoms with van der Waals surface area (Å²) in [5, 5.41) is 0.465. The van der Waals surface area contributed by atoms with Crippen LogP contribution in [0, 0.1) is 11.6 Å². The van der Waals surface area contributed by atoms with E-state index in [4.69, 9.17) is 11.6 Å². The average Bonchev–Trinajstić information content (AvgIpc) is 2.55. The molecule has 10 heteroatoms. The first-order valence-electron chi connectivity index (χ1n) is 8.15. The van der Waals surface area contributed by atoms with Crippen molar-refractivity contribution < 1.29 is 30.4 Å². The highest BCUT2D eigenvalue weighted by atomic mass is 35.5. The molecule has 0 radical (unpaired) electrons. The maximum atomic E-state index is 14.4. The predicted molar refractivity (Wildman–Crippen MR) is 94.5 cm³/mol. The second-order valence-corrected chi connectivity index (χ2v) is 8.86. The summed E-state index contributed by atoms with van der Waals surface area (Å²) in [7, 11) is -5.65. The maximum absolute atomic E-state index is 14.4. The van der Waals surface area contributed by atoms with Crippen LogP contribution in [0.2, 0.25) is 5.02 Å². The van der Waals surface area contributed by atoms with Crippen LogP contribution in [-0.2, 0) is 21.9 Å². The third-order valence-electron chi connectivity index (χ3n) is 4.79. The summed E-state index contributed by atoms with van der Waals surface area (Å²) in [5.74, 6) is -1.41. The molecule has 0 atom stereocenters.